The monoisotopic (exact) mass is 413 g/mol. The van der Waals surface area contributed by atoms with Crippen LogP contribution in [0.3, 0.4) is 0 Å². The Labute approximate surface area is 161 Å². The van der Waals surface area contributed by atoms with Gasteiger partial charge in [0.25, 0.3) is 5.56 Å². The molecule has 0 saturated heterocycles. The first-order valence-corrected chi connectivity index (χ1v) is 10.5. The first-order valence-electron chi connectivity index (χ1n) is 8.86. The molecule has 1 fully saturated rings. The van der Waals surface area contributed by atoms with Crippen LogP contribution in [0.4, 0.5) is 8.78 Å². The zero-order valence-corrected chi connectivity index (χ0v) is 16.3. The summed E-state index contributed by atoms with van der Waals surface area (Å²) in [4.78, 5) is 12.1. The molecule has 0 bridgehead atoms. The number of sulfone groups is 1. The molecule has 1 aromatic heterocycles. The van der Waals surface area contributed by atoms with E-state index in [0.717, 1.165) is 17.4 Å². The number of benzene rings is 1. The molecule has 0 aliphatic heterocycles. The fourth-order valence-corrected chi connectivity index (χ4v) is 3.63. The molecule has 0 spiro atoms. The first kappa shape index (κ1) is 20.3. The van der Waals surface area contributed by atoms with E-state index in [9.17, 15) is 22.0 Å². The molecule has 0 N–H and O–H groups in total. The highest BCUT2D eigenvalue weighted by atomic mass is 32.2. The van der Waals surface area contributed by atoms with Crippen LogP contribution < -0.4 is 15.0 Å². The second-order valence-electron chi connectivity index (χ2n) is 6.70. The first-order chi connectivity index (χ1) is 13.2. The van der Waals surface area contributed by atoms with Gasteiger partial charge >= 0.3 is 6.61 Å². The Hall–Kier alpha value is -2.42. The minimum atomic E-state index is -3.49. The number of aryl methyl sites for hydroxylation is 1. The maximum absolute atomic E-state index is 12.7. The van der Waals surface area contributed by atoms with Crippen LogP contribution in [0.15, 0.2) is 40.2 Å². The minimum absolute atomic E-state index is 0.0816. The van der Waals surface area contributed by atoms with Gasteiger partial charge in [0.1, 0.15) is 5.75 Å². The van der Waals surface area contributed by atoms with Gasteiger partial charge < -0.3 is 14.0 Å². The number of alkyl halides is 2. The van der Waals surface area contributed by atoms with Crippen LogP contribution in [0.25, 0.3) is 11.1 Å². The molecule has 6 nitrogen and oxygen atoms in total. The molecular formula is C19H21F2NO5S. The van der Waals surface area contributed by atoms with Gasteiger partial charge in [-0.05, 0) is 43.0 Å². The highest BCUT2D eigenvalue weighted by Crippen LogP contribution is 2.36. The molecule has 152 valence electrons. The SMILES string of the molecule is CCS(=O)(=O)c1ccc(OCC2CC2)c(-c2cc(OC(F)F)c(=O)n(C)c2)c1. The molecule has 0 radical (unpaired) electrons. The van der Waals surface area contributed by atoms with E-state index < -0.39 is 27.8 Å². The molecule has 1 heterocycles. The second-order valence-corrected chi connectivity index (χ2v) is 8.98. The van der Waals surface area contributed by atoms with Crippen molar-refractivity contribution in [3.8, 4) is 22.6 Å². The average Bonchev–Trinajstić information content (AvgIpc) is 3.47. The molecule has 3 rings (SSSR count). The van der Waals surface area contributed by atoms with Crippen molar-refractivity contribution >= 4 is 9.84 Å². The van der Waals surface area contributed by atoms with E-state index in [1.807, 2.05) is 0 Å². The Morgan fingerprint density at radius 3 is 2.54 bits per heavy atom. The maximum atomic E-state index is 12.7. The summed E-state index contributed by atoms with van der Waals surface area (Å²) in [7, 11) is -2.08. The lowest BCUT2D eigenvalue weighted by Gasteiger charge is -2.15. The number of ether oxygens (including phenoxy) is 2. The highest BCUT2D eigenvalue weighted by molar-refractivity contribution is 7.91. The molecule has 1 aliphatic rings. The largest absolute Gasteiger partial charge is 0.493 e. The Bertz CT molecular complexity index is 1030. The van der Waals surface area contributed by atoms with E-state index in [0.29, 0.717) is 29.4 Å². The van der Waals surface area contributed by atoms with Crippen LogP contribution in [0.5, 0.6) is 11.5 Å². The Kier molecular flexibility index (Phi) is 5.74. The van der Waals surface area contributed by atoms with Crippen LogP contribution in [0, 0.1) is 5.92 Å². The van der Waals surface area contributed by atoms with Crippen molar-refractivity contribution in [1.29, 1.82) is 0 Å². The number of nitrogens with zero attached hydrogens (tertiary/aromatic N) is 1. The van der Waals surface area contributed by atoms with Crippen LogP contribution in [-0.4, -0.2) is 32.0 Å². The molecule has 9 heteroatoms. The van der Waals surface area contributed by atoms with E-state index in [4.69, 9.17) is 4.74 Å². The molecule has 0 unspecified atom stereocenters. The lowest BCUT2D eigenvalue weighted by atomic mass is 10.1. The van der Waals surface area contributed by atoms with Crippen molar-refractivity contribution in [3.05, 3.63) is 40.8 Å². The van der Waals surface area contributed by atoms with E-state index in [1.165, 1.54) is 38.4 Å². The van der Waals surface area contributed by atoms with Gasteiger partial charge in [-0.1, -0.05) is 6.92 Å². The number of aromatic nitrogens is 1. The quantitative estimate of drug-likeness (QED) is 0.664. The van der Waals surface area contributed by atoms with E-state index >= 15 is 0 Å². The fourth-order valence-electron chi connectivity index (χ4n) is 2.72. The van der Waals surface area contributed by atoms with Crippen molar-refractivity contribution in [2.75, 3.05) is 12.4 Å². The van der Waals surface area contributed by atoms with Crippen molar-refractivity contribution in [3.63, 3.8) is 0 Å². The van der Waals surface area contributed by atoms with Crippen LogP contribution >= 0.6 is 0 Å². The Morgan fingerprint density at radius 2 is 1.93 bits per heavy atom. The zero-order chi connectivity index (χ0) is 20.5. The lowest BCUT2D eigenvalue weighted by Crippen LogP contribution is -2.20. The zero-order valence-electron chi connectivity index (χ0n) is 15.5. The standard InChI is InChI=1S/C19H21F2NO5S/c1-3-28(24,25)14-6-7-16(26-11-12-4-5-12)15(9-14)13-8-17(27-19(20)21)18(23)22(2)10-13/h6-10,12,19H,3-5,11H2,1-2H3. The van der Waals surface area contributed by atoms with Gasteiger partial charge in [0.05, 0.1) is 17.3 Å². The minimum Gasteiger partial charge on any atom is -0.493 e. The number of hydrogen-bond donors (Lipinski definition) is 0. The van der Waals surface area contributed by atoms with Crippen LogP contribution in [-0.2, 0) is 16.9 Å². The summed E-state index contributed by atoms with van der Waals surface area (Å²) >= 11 is 0. The summed E-state index contributed by atoms with van der Waals surface area (Å²) in [6, 6.07) is 5.63. The predicted octanol–water partition coefficient (Wildman–Crippen LogP) is 3.24. The Balaban J connectivity index is 2.12. The third-order valence-corrected chi connectivity index (χ3v) is 6.27. The molecular weight excluding hydrogens is 392 g/mol. The van der Waals surface area contributed by atoms with Crippen molar-refractivity contribution in [2.45, 2.75) is 31.3 Å². The van der Waals surface area contributed by atoms with Crippen molar-refractivity contribution in [2.24, 2.45) is 13.0 Å². The second kappa shape index (κ2) is 7.90. The van der Waals surface area contributed by atoms with Gasteiger partial charge in [-0.25, -0.2) is 8.42 Å². The number of rotatable bonds is 8. The van der Waals surface area contributed by atoms with Gasteiger partial charge in [0, 0.05) is 24.4 Å². The summed E-state index contributed by atoms with van der Waals surface area (Å²) in [6.45, 7) is -1.13. The summed E-state index contributed by atoms with van der Waals surface area (Å²) in [5.41, 5.74) is 0.0171. The van der Waals surface area contributed by atoms with Gasteiger partial charge in [0.15, 0.2) is 15.6 Å². The van der Waals surface area contributed by atoms with Gasteiger partial charge in [0.2, 0.25) is 0 Å². The van der Waals surface area contributed by atoms with Crippen LogP contribution in [0.1, 0.15) is 19.8 Å². The normalized spacial score (nSPS) is 14.3. The third-order valence-electron chi connectivity index (χ3n) is 4.54. The van der Waals surface area contributed by atoms with E-state index in [2.05, 4.69) is 4.74 Å². The lowest BCUT2D eigenvalue weighted by molar-refractivity contribution is -0.0510. The molecule has 1 aromatic carbocycles. The molecule has 28 heavy (non-hydrogen) atoms. The van der Waals surface area contributed by atoms with E-state index in [1.54, 1.807) is 6.07 Å². The molecule has 1 aliphatic carbocycles. The fraction of sp³-hybridized carbons (Fsp3) is 0.421. The van der Waals surface area contributed by atoms with Crippen molar-refractivity contribution < 1.29 is 26.7 Å². The summed E-state index contributed by atoms with van der Waals surface area (Å²) in [5.74, 6) is 0.280. The van der Waals surface area contributed by atoms with E-state index in [-0.39, 0.29) is 10.6 Å². The average molecular weight is 413 g/mol. The number of halogens is 2. The van der Waals surface area contributed by atoms with Crippen molar-refractivity contribution in [1.82, 2.24) is 4.57 Å². The Morgan fingerprint density at radius 1 is 1.21 bits per heavy atom. The molecule has 2 aromatic rings. The van der Waals surface area contributed by atoms with Gasteiger partial charge in [-0.3, -0.25) is 4.79 Å². The topological polar surface area (TPSA) is 74.6 Å². The van der Waals surface area contributed by atoms with Gasteiger partial charge in [-0.2, -0.15) is 8.78 Å². The number of pyridine rings is 1. The molecule has 0 amide bonds. The number of hydrogen-bond acceptors (Lipinski definition) is 5. The van der Waals surface area contributed by atoms with Crippen LogP contribution in [0.2, 0.25) is 0 Å². The highest BCUT2D eigenvalue weighted by Gasteiger charge is 2.24. The van der Waals surface area contributed by atoms with Gasteiger partial charge in [-0.15, -0.1) is 0 Å². The summed E-state index contributed by atoms with van der Waals surface area (Å²) in [6.07, 6.45) is 3.58. The molecule has 1 saturated carbocycles. The smallest absolute Gasteiger partial charge is 0.387 e. The summed E-state index contributed by atoms with van der Waals surface area (Å²) in [5, 5.41) is 0. The maximum Gasteiger partial charge on any atom is 0.387 e. The molecule has 0 atom stereocenters. The third kappa shape index (κ3) is 4.52. The predicted molar refractivity (Wildman–Crippen MR) is 99.7 cm³/mol. The summed E-state index contributed by atoms with van der Waals surface area (Å²) < 4.78 is 61.2.